The smallest absolute Gasteiger partial charge is 0.216 e. The van der Waals surface area contributed by atoms with Gasteiger partial charge in [0.1, 0.15) is 19.6 Å². The van der Waals surface area contributed by atoms with Crippen molar-refractivity contribution >= 4 is 21.9 Å². The van der Waals surface area contributed by atoms with Gasteiger partial charge in [0.25, 0.3) is 0 Å². The van der Waals surface area contributed by atoms with Gasteiger partial charge >= 0.3 is 0 Å². The zero-order chi connectivity index (χ0) is 28.2. The molecule has 38 heavy (non-hydrogen) atoms. The van der Waals surface area contributed by atoms with Crippen LogP contribution in [0.2, 0.25) is 0 Å². The average molecular weight is 496 g/mol. The Balaban J connectivity index is 1.52. The number of nitriles is 1. The van der Waals surface area contributed by atoms with Crippen LogP contribution in [0.3, 0.4) is 0 Å². The lowest BCUT2D eigenvalue weighted by Gasteiger charge is -2.09. The van der Waals surface area contributed by atoms with Gasteiger partial charge in [-0.1, -0.05) is 74.5 Å². The molecule has 0 saturated heterocycles. The Morgan fingerprint density at radius 2 is 1.39 bits per heavy atom. The maximum Gasteiger partial charge on any atom is 0.216 e. The molecule has 6 aromatic rings. The predicted molar refractivity (Wildman–Crippen MR) is 155 cm³/mol. The van der Waals surface area contributed by atoms with Crippen LogP contribution in [0.1, 0.15) is 39.2 Å². The molecule has 0 fully saturated rings. The van der Waals surface area contributed by atoms with Gasteiger partial charge in [-0.3, -0.25) is 0 Å². The fourth-order valence-electron chi connectivity index (χ4n) is 5.25. The number of hydrogen-bond acceptors (Lipinski definition) is 2. The minimum Gasteiger partial charge on any atom is -0.454 e. The first-order valence-corrected chi connectivity index (χ1v) is 12.7. The quantitative estimate of drug-likeness (QED) is 0.229. The van der Waals surface area contributed by atoms with E-state index in [0.29, 0.717) is 17.3 Å². The lowest BCUT2D eigenvalue weighted by molar-refractivity contribution is -0.660. The van der Waals surface area contributed by atoms with E-state index in [4.69, 9.17) is 7.16 Å². The third kappa shape index (κ3) is 3.86. The summed E-state index contributed by atoms with van der Waals surface area (Å²) in [6.07, 6.45) is 0.413. The van der Waals surface area contributed by atoms with Crippen molar-refractivity contribution in [2.24, 2.45) is 7.05 Å². The van der Waals surface area contributed by atoms with E-state index in [1.54, 1.807) is 6.07 Å². The minimum atomic E-state index is -0.638. The second-order valence-electron chi connectivity index (χ2n) is 9.97. The van der Waals surface area contributed by atoms with Crippen molar-refractivity contribution in [1.82, 2.24) is 0 Å². The largest absolute Gasteiger partial charge is 0.454 e. The molecule has 0 unspecified atom stereocenters. The number of aromatic nitrogens is 1. The highest BCUT2D eigenvalue weighted by Crippen LogP contribution is 2.42. The molecule has 2 aromatic heterocycles. The maximum atomic E-state index is 10.1. The molecule has 0 aliphatic rings. The van der Waals surface area contributed by atoms with E-state index >= 15 is 0 Å². The summed E-state index contributed by atoms with van der Waals surface area (Å²) >= 11 is 0. The van der Waals surface area contributed by atoms with Crippen molar-refractivity contribution in [2.75, 3.05) is 0 Å². The van der Waals surface area contributed by atoms with Crippen molar-refractivity contribution in [3.63, 3.8) is 0 Å². The molecule has 0 aliphatic carbocycles. The number of hydrogen-bond donors (Lipinski definition) is 0. The highest BCUT2D eigenvalue weighted by Gasteiger charge is 2.22. The van der Waals surface area contributed by atoms with Crippen LogP contribution >= 0.6 is 0 Å². The number of aryl methyl sites for hydroxylation is 1. The van der Waals surface area contributed by atoms with Crippen molar-refractivity contribution in [1.29, 1.82) is 5.26 Å². The second-order valence-corrected chi connectivity index (χ2v) is 9.97. The molecule has 3 nitrogen and oxygen atoms in total. The van der Waals surface area contributed by atoms with Crippen LogP contribution in [-0.4, -0.2) is 0 Å². The van der Waals surface area contributed by atoms with E-state index in [9.17, 15) is 5.26 Å². The molecule has 0 N–H and O–H groups in total. The molecule has 3 heteroatoms. The molecule has 4 aromatic carbocycles. The van der Waals surface area contributed by atoms with Gasteiger partial charge in [-0.05, 0) is 58.8 Å². The average Bonchev–Trinajstić information content (AvgIpc) is 3.32. The highest BCUT2D eigenvalue weighted by atomic mass is 16.3. The summed E-state index contributed by atoms with van der Waals surface area (Å²) < 4.78 is 25.1. The highest BCUT2D eigenvalue weighted by molar-refractivity contribution is 6.14. The van der Waals surface area contributed by atoms with E-state index < -0.39 is 5.89 Å². The summed E-state index contributed by atoms with van der Waals surface area (Å²) in [7, 11) is 1.89. The molecule has 0 atom stereocenters. The van der Waals surface area contributed by atoms with E-state index in [0.717, 1.165) is 61.0 Å². The molecule has 0 radical (unpaired) electrons. The molecule has 0 amide bonds. The molecule has 0 bridgehead atoms. The molecule has 0 saturated carbocycles. The zero-order valence-corrected chi connectivity index (χ0v) is 22.0. The monoisotopic (exact) mass is 495 g/mol. The van der Waals surface area contributed by atoms with Gasteiger partial charge in [0.2, 0.25) is 5.69 Å². The minimum absolute atomic E-state index is 0.413. The topological polar surface area (TPSA) is 40.8 Å². The zero-order valence-electron chi connectivity index (χ0n) is 24.0. The van der Waals surface area contributed by atoms with Gasteiger partial charge in [-0.2, -0.15) is 5.26 Å². The van der Waals surface area contributed by atoms with Gasteiger partial charge in [-0.25, -0.2) is 4.57 Å². The van der Waals surface area contributed by atoms with E-state index in [-0.39, 0.29) is 0 Å². The van der Waals surface area contributed by atoms with Crippen LogP contribution in [0.15, 0.2) is 102 Å². The van der Waals surface area contributed by atoms with Gasteiger partial charge in [0.05, 0.1) is 17.2 Å². The third-order valence-electron chi connectivity index (χ3n) is 7.34. The third-order valence-corrected chi connectivity index (χ3v) is 7.34. The number of fused-ring (bicyclic) bond motifs is 3. The Bertz CT molecular complexity index is 1960. The van der Waals surface area contributed by atoms with Crippen molar-refractivity contribution in [2.45, 2.75) is 26.7 Å². The number of rotatable bonds is 4. The normalized spacial score (nSPS) is 12.4. The fraction of sp³-hybridized carbons (Fsp3) is 0.143. The maximum absolute atomic E-state index is 10.1. The summed E-state index contributed by atoms with van der Waals surface area (Å²) in [5, 5.41) is 12.0. The fourth-order valence-corrected chi connectivity index (χ4v) is 5.25. The van der Waals surface area contributed by atoms with E-state index in [1.165, 1.54) is 0 Å². The summed E-state index contributed by atoms with van der Waals surface area (Å²) in [6.45, 7) is 5.83. The van der Waals surface area contributed by atoms with Crippen LogP contribution in [0.5, 0.6) is 0 Å². The Morgan fingerprint density at radius 1 is 0.789 bits per heavy atom. The van der Waals surface area contributed by atoms with E-state index in [2.05, 4.69) is 49.4 Å². The molecular formula is C35H29N2O+. The SMILES string of the molecule is [2H]c1cccc(-c2c(C)ccc3c2oc2c(-c4ccc(-c5ccc(C([2H])(C)C)cc5)cc4)c(C#N)ccc23)[n+]1C. The molecule has 6 rings (SSSR count). The predicted octanol–water partition coefficient (Wildman–Crippen LogP) is 8.72. The molecule has 0 spiro atoms. The molecule has 0 aliphatic heterocycles. The summed E-state index contributed by atoms with van der Waals surface area (Å²) in [4.78, 5) is 0. The summed E-state index contributed by atoms with van der Waals surface area (Å²) in [5.74, 6) is -0.638. The van der Waals surface area contributed by atoms with Crippen LogP contribution in [0, 0.1) is 18.3 Å². The number of nitrogens with zero attached hydrogens (tertiary/aromatic N) is 2. The number of furan rings is 1. The molecule has 184 valence electrons. The van der Waals surface area contributed by atoms with Gasteiger partial charge in [0.15, 0.2) is 6.17 Å². The molecular weight excluding hydrogens is 464 g/mol. The van der Waals surface area contributed by atoms with Crippen LogP contribution in [0.4, 0.5) is 0 Å². The van der Waals surface area contributed by atoms with Crippen molar-refractivity contribution < 1.29 is 11.7 Å². The van der Waals surface area contributed by atoms with Crippen LogP contribution in [-0.2, 0) is 7.05 Å². The Morgan fingerprint density at radius 3 is 2.05 bits per heavy atom. The Kier molecular flexibility index (Phi) is 5.25. The first kappa shape index (κ1) is 21.4. The standard InChI is InChI=1S/C35H29N2O/c1-22(2)24-9-11-25(12-10-24)26-13-15-27(16-14-26)33-28(21-36)17-19-30-29-18-8-23(3)32(34(29)38-35(30)33)31-7-5-6-20-37(31)4/h5-20,22H,1-4H3/q+1/i20D,22D. The lowest BCUT2D eigenvalue weighted by Crippen LogP contribution is -2.30. The first-order chi connectivity index (χ1) is 19.2. The van der Waals surface area contributed by atoms with Crippen molar-refractivity contribution in [3.05, 3.63) is 114 Å². The van der Waals surface area contributed by atoms with Crippen LogP contribution in [0.25, 0.3) is 55.4 Å². The Hall–Kier alpha value is -4.68. The van der Waals surface area contributed by atoms with Gasteiger partial charge in [0, 0.05) is 29.8 Å². The number of pyridine rings is 1. The first-order valence-electron chi connectivity index (χ1n) is 13.7. The van der Waals surface area contributed by atoms with Crippen LogP contribution < -0.4 is 4.57 Å². The molecule has 2 heterocycles. The van der Waals surface area contributed by atoms with E-state index in [1.807, 2.05) is 74.0 Å². The summed E-state index contributed by atoms with van der Waals surface area (Å²) in [5.41, 5.74) is 9.69. The van der Waals surface area contributed by atoms with Crippen molar-refractivity contribution in [3.8, 4) is 39.6 Å². The summed E-state index contributed by atoms with van der Waals surface area (Å²) in [6, 6.07) is 32.3. The lowest BCUT2D eigenvalue weighted by atomic mass is 9.94. The number of benzene rings is 4. The van der Waals surface area contributed by atoms with Gasteiger partial charge in [-0.15, -0.1) is 0 Å². The second kappa shape index (κ2) is 9.32. The Labute approximate surface area is 226 Å². The van der Waals surface area contributed by atoms with Gasteiger partial charge < -0.3 is 4.42 Å².